The van der Waals surface area contributed by atoms with Crippen LogP contribution >= 0.6 is 0 Å². The van der Waals surface area contributed by atoms with Crippen molar-refractivity contribution >= 4 is 34.8 Å². The summed E-state index contributed by atoms with van der Waals surface area (Å²) in [4.78, 5) is 58.5. The molecule has 0 bridgehead atoms. The maximum absolute atomic E-state index is 12.8. The number of hydrogen-bond acceptors (Lipinski definition) is 10. The summed E-state index contributed by atoms with van der Waals surface area (Å²) < 4.78 is 25.7. The third kappa shape index (κ3) is 5.82. The van der Waals surface area contributed by atoms with Crippen LogP contribution < -0.4 is 24.6 Å². The molecule has 0 amide bonds. The van der Waals surface area contributed by atoms with E-state index >= 15 is 0 Å². The van der Waals surface area contributed by atoms with Crippen LogP contribution in [-0.4, -0.2) is 23.9 Å². The molecule has 0 aliphatic heterocycles. The third-order valence-corrected chi connectivity index (χ3v) is 4.02. The zero-order valence-corrected chi connectivity index (χ0v) is 18.0. The van der Waals surface area contributed by atoms with Gasteiger partial charge in [0.25, 0.3) is 0 Å². The second-order valence-electron chi connectivity index (χ2n) is 6.85. The summed E-state index contributed by atoms with van der Waals surface area (Å²) in [5.74, 6) is -2.47. The Kier molecular flexibility index (Phi) is 6.57. The predicted molar refractivity (Wildman–Crippen MR) is 113 cm³/mol. The normalized spacial score (nSPS) is 10.4. The van der Waals surface area contributed by atoms with Gasteiger partial charge in [0.15, 0.2) is 0 Å². The second-order valence-corrected chi connectivity index (χ2v) is 6.85. The molecule has 33 heavy (non-hydrogen) atoms. The molecule has 10 heteroatoms. The summed E-state index contributed by atoms with van der Waals surface area (Å²) in [5.41, 5.74) is -0.600. The molecular formula is C23H18O10. The van der Waals surface area contributed by atoms with Gasteiger partial charge >= 0.3 is 29.5 Å². The molecule has 0 radical (unpaired) electrons. The van der Waals surface area contributed by atoms with Crippen molar-refractivity contribution in [1.29, 1.82) is 0 Å². The highest BCUT2D eigenvalue weighted by atomic mass is 16.6. The van der Waals surface area contributed by atoms with Crippen LogP contribution in [0.25, 0.3) is 22.1 Å². The van der Waals surface area contributed by atoms with Crippen molar-refractivity contribution in [3.8, 4) is 34.1 Å². The summed E-state index contributed by atoms with van der Waals surface area (Å²) in [6.07, 6.45) is 0. The molecule has 0 aliphatic carbocycles. The lowest BCUT2D eigenvalue weighted by Gasteiger charge is -2.11. The van der Waals surface area contributed by atoms with E-state index in [-0.39, 0.29) is 45.1 Å². The second kappa shape index (κ2) is 9.35. The van der Waals surface area contributed by atoms with Crippen molar-refractivity contribution in [2.45, 2.75) is 27.7 Å². The summed E-state index contributed by atoms with van der Waals surface area (Å²) in [7, 11) is 0. The van der Waals surface area contributed by atoms with Gasteiger partial charge in [-0.15, -0.1) is 0 Å². The minimum atomic E-state index is -0.801. The van der Waals surface area contributed by atoms with E-state index in [0.29, 0.717) is 0 Å². The van der Waals surface area contributed by atoms with Gasteiger partial charge in [-0.05, 0) is 23.8 Å². The van der Waals surface area contributed by atoms with Gasteiger partial charge in [0.05, 0.1) is 10.9 Å². The van der Waals surface area contributed by atoms with E-state index in [1.807, 2.05) is 0 Å². The highest BCUT2D eigenvalue weighted by Gasteiger charge is 2.17. The molecule has 3 rings (SSSR count). The SMILES string of the molecule is CC(=O)Oc1cc(OC(C)=O)cc(-c2cc3c(OC(C)=O)cc(OC(C)=O)cc3oc2=O)c1. The summed E-state index contributed by atoms with van der Waals surface area (Å²) in [6.45, 7) is 4.74. The molecule has 0 saturated heterocycles. The van der Waals surface area contributed by atoms with E-state index in [0.717, 1.165) is 0 Å². The molecule has 0 spiro atoms. The maximum atomic E-state index is 12.8. The van der Waals surface area contributed by atoms with Gasteiger partial charge in [-0.1, -0.05) is 0 Å². The van der Waals surface area contributed by atoms with Crippen LogP contribution in [0.15, 0.2) is 45.6 Å². The van der Waals surface area contributed by atoms with Gasteiger partial charge in [0.2, 0.25) is 0 Å². The zero-order chi connectivity index (χ0) is 24.3. The van der Waals surface area contributed by atoms with Crippen molar-refractivity contribution in [2.75, 3.05) is 0 Å². The molecule has 170 valence electrons. The van der Waals surface area contributed by atoms with Gasteiger partial charge in [0.1, 0.15) is 28.6 Å². The van der Waals surface area contributed by atoms with Crippen LogP contribution in [0.1, 0.15) is 27.7 Å². The zero-order valence-electron chi connectivity index (χ0n) is 18.0. The molecule has 3 aromatic rings. The molecule has 1 aromatic heterocycles. The Hall–Kier alpha value is -4.47. The molecule has 2 aromatic carbocycles. The van der Waals surface area contributed by atoms with Crippen LogP contribution in [-0.2, 0) is 19.2 Å². The first kappa shape index (κ1) is 23.2. The molecule has 0 fully saturated rings. The number of carbonyl (C=O) groups is 4. The minimum Gasteiger partial charge on any atom is -0.427 e. The van der Waals surface area contributed by atoms with Crippen LogP contribution in [0.5, 0.6) is 23.0 Å². The Bertz CT molecular complexity index is 1320. The highest BCUT2D eigenvalue weighted by Crippen LogP contribution is 2.35. The molecule has 0 aliphatic rings. The van der Waals surface area contributed by atoms with E-state index < -0.39 is 29.5 Å². The van der Waals surface area contributed by atoms with Gasteiger partial charge in [-0.3, -0.25) is 19.2 Å². The van der Waals surface area contributed by atoms with Gasteiger partial charge in [0, 0.05) is 45.9 Å². The molecule has 1 heterocycles. The van der Waals surface area contributed by atoms with Crippen LogP contribution in [0, 0.1) is 0 Å². The lowest BCUT2D eigenvalue weighted by molar-refractivity contribution is -0.133. The van der Waals surface area contributed by atoms with Gasteiger partial charge in [-0.25, -0.2) is 4.79 Å². The van der Waals surface area contributed by atoms with Crippen LogP contribution in [0.3, 0.4) is 0 Å². The average Bonchev–Trinajstić information content (AvgIpc) is 2.65. The standard InChI is InChI=1S/C23H18O10/c1-11(24)29-16-5-15(6-17(7-16)30-12(2)25)19-10-20-21(32-14(4)27)8-18(31-13(3)26)9-22(20)33-23(19)28/h5-10H,1-4H3. The number of fused-ring (bicyclic) bond motifs is 1. The summed E-state index contributed by atoms with van der Waals surface area (Å²) in [5, 5.41) is 0.225. The van der Waals surface area contributed by atoms with Crippen molar-refractivity contribution in [3.05, 3.63) is 46.8 Å². The summed E-state index contributed by atoms with van der Waals surface area (Å²) in [6, 6.07) is 8.06. The average molecular weight is 454 g/mol. The number of esters is 4. The fourth-order valence-corrected chi connectivity index (χ4v) is 3.00. The Morgan fingerprint density at radius 1 is 0.636 bits per heavy atom. The first-order valence-electron chi connectivity index (χ1n) is 9.53. The van der Waals surface area contributed by atoms with Gasteiger partial charge < -0.3 is 23.4 Å². The van der Waals surface area contributed by atoms with Gasteiger partial charge in [-0.2, -0.15) is 0 Å². The number of ether oxygens (including phenoxy) is 4. The summed E-state index contributed by atoms with van der Waals surface area (Å²) >= 11 is 0. The fraction of sp³-hybridized carbons (Fsp3) is 0.174. The van der Waals surface area contributed by atoms with E-state index in [9.17, 15) is 24.0 Å². The van der Waals surface area contributed by atoms with Crippen molar-refractivity contribution in [3.63, 3.8) is 0 Å². The number of benzene rings is 2. The monoisotopic (exact) mass is 454 g/mol. The molecule has 0 N–H and O–H groups in total. The largest absolute Gasteiger partial charge is 0.427 e. The third-order valence-electron chi connectivity index (χ3n) is 4.02. The lowest BCUT2D eigenvalue weighted by atomic mass is 10.0. The highest BCUT2D eigenvalue weighted by molar-refractivity contribution is 5.91. The molecule has 0 unspecified atom stereocenters. The minimum absolute atomic E-state index is 0.00135. The van der Waals surface area contributed by atoms with Crippen molar-refractivity contribution in [1.82, 2.24) is 0 Å². The lowest BCUT2D eigenvalue weighted by Crippen LogP contribution is -2.08. The van der Waals surface area contributed by atoms with Crippen molar-refractivity contribution < 1.29 is 42.5 Å². The van der Waals surface area contributed by atoms with E-state index in [1.54, 1.807) is 0 Å². The Labute approximate surface area is 186 Å². The molecule has 0 atom stereocenters. The fourth-order valence-electron chi connectivity index (χ4n) is 3.00. The number of rotatable bonds is 5. The number of carbonyl (C=O) groups excluding carboxylic acids is 4. The predicted octanol–water partition coefficient (Wildman–Crippen LogP) is 3.16. The smallest absolute Gasteiger partial charge is 0.344 e. The Morgan fingerprint density at radius 2 is 1.12 bits per heavy atom. The number of hydrogen-bond donors (Lipinski definition) is 0. The Morgan fingerprint density at radius 3 is 1.61 bits per heavy atom. The molecular weight excluding hydrogens is 436 g/mol. The van der Waals surface area contributed by atoms with Crippen LogP contribution in [0.2, 0.25) is 0 Å². The molecule has 0 saturated carbocycles. The van der Waals surface area contributed by atoms with Crippen molar-refractivity contribution in [2.24, 2.45) is 0 Å². The van der Waals surface area contributed by atoms with E-state index in [2.05, 4.69) is 0 Å². The first-order valence-corrected chi connectivity index (χ1v) is 9.53. The maximum Gasteiger partial charge on any atom is 0.344 e. The van der Waals surface area contributed by atoms with E-state index in [4.69, 9.17) is 23.4 Å². The Balaban J connectivity index is 2.24. The van der Waals surface area contributed by atoms with Crippen LogP contribution in [0.4, 0.5) is 0 Å². The first-order chi connectivity index (χ1) is 15.5. The topological polar surface area (TPSA) is 135 Å². The van der Waals surface area contributed by atoms with E-state index in [1.165, 1.54) is 64.1 Å². The molecule has 10 nitrogen and oxygen atoms in total. The quantitative estimate of drug-likeness (QED) is 0.321.